The van der Waals surface area contributed by atoms with Gasteiger partial charge < -0.3 is 0 Å². The molecule has 3 aromatic rings. The van der Waals surface area contributed by atoms with E-state index in [2.05, 4.69) is 104 Å². The molecule has 1 aliphatic carbocycles. The summed E-state index contributed by atoms with van der Waals surface area (Å²) in [5.41, 5.74) is 11.2. The number of anilines is 1. The SMILES string of the molecule is Cc1cc(C)c([NH][Ti][CH2]c2c(C3=CC(CN(C)C)=CC3)ccc3ccccc23)c(C)c1.Cl.Cl. The molecule has 174 valence electrons. The van der Waals surface area contributed by atoms with Crippen LogP contribution in [0.3, 0.4) is 0 Å². The van der Waals surface area contributed by atoms with Gasteiger partial charge in [0.2, 0.25) is 0 Å². The van der Waals surface area contributed by atoms with Crippen molar-refractivity contribution < 1.29 is 19.4 Å². The van der Waals surface area contributed by atoms with Gasteiger partial charge in [-0.05, 0) is 0 Å². The molecular weight excluding hydrogens is 483 g/mol. The van der Waals surface area contributed by atoms with Crippen LogP contribution in [0.15, 0.2) is 66.3 Å². The topological polar surface area (TPSA) is 15.3 Å². The van der Waals surface area contributed by atoms with Gasteiger partial charge >= 0.3 is 197 Å². The minimum atomic E-state index is -0.367. The van der Waals surface area contributed by atoms with Gasteiger partial charge in [-0.1, -0.05) is 0 Å². The summed E-state index contributed by atoms with van der Waals surface area (Å²) in [6, 6.07) is 18.1. The molecule has 0 amide bonds. The number of aryl methyl sites for hydroxylation is 3. The first-order valence-corrected chi connectivity index (χ1v) is 12.9. The Morgan fingerprint density at radius 3 is 2.33 bits per heavy atom. The number of rotatable bonds is 7. The van der Waals surface area contributed by atoms with Crippen LogP contribution in [-0.4, -0.2) is 25.5 Å². The van der Waals surface area contributed by atoms with E-state index in [9.17, 15) is 0 Å². The van der Waals surface area contributed by atoms with Gasteiger partial charge in [0.05, 0.1) is 0 Å². The zero-order valence-corrected chi connectivity index (χ0v) is 23.4. The number of allylic oxidation sites excluding steroid dienone is 2. The molecule has 0 saturated carbocycles. The minimum Gasteiger partial charge on any atom is -0.147 e. The van der Waals surface area contributed by atoms with Gasteiger partial charge in [0.15, 0.2) is 0 Å². The van der Waals surface area contributed by atoms with Crippen molar-refractivity contribution in [1.29, 1.82) is 0 Å². The van der Waals surface area contributed by atoms with Crippen LogP contribution in [0.25, 0.3) is 16.3 Å². The van der Waals surface area contributed by atoms with Gasteiger partial charge in [0.25, 0.3) is 0 Å². The summed E-state index contributed by atoms with van der Waals surface area (Å²) < 4.78 is 4.99. The summed E-state index contributed by atoms with van der Waals surface area (Å²) in [7, 11) is 4.28. The maximum absolute atomic E-state index is 3.86. The number of likely N-dealkylation sites (N-methyl/N-ethyl adjacent to an activating group) is 1. The number of nitrogens with one attached hydrogen (secondary N) is 1. The summed E-state index contributed by atoms with van der Waals surface area (Å²) in [4.78, 5) is 2.24. The van der Waals surface area contributed by atoms with Crippen LogP contribution in [-0.2, 0) is 24.1 Å². The van der Waals surface area contributed by atoms with Crippen LogP contribution in [0.1, 0.15) is 34.2 Å². The fourth-order valence-electron chi connectivity index (χ4n) is 4.67. The molecule has 0 bridgehead atoms. The summed E-state index contributed by atoms with van der Waals surface area (Å²) in [6.45, 7) is 7.63. The summed E-state index contributed by atoms with van der Waals surface area (Å²) in [5.74, 6) is 0. The normalized spacial score (nSPS) is 12.7. The number of halogens is 2. The molecule has 0 unspecified atom stereocenters. The third-order valence-corrected chi connectivity index (χ3v) is 7.48. The molecule has 0 heterocycles. The Morgan fingerprint density at radius 1 is 0.939 bits per heavy atom. The number of hydrogen-bond donors (Lipinski definition) is 1. The predicted octanol–water partition coefficient (Wildman–Crippen LogP) is 7.49. The second-order valence-corrected chi connectivity index (χ2v) is 10.5. The van der Waals surface area contributed by atoms with Crippen molar-refractivity contribution in [3.05, 3.63) is 94.1 Å². The minimum absolute atomic E-state index is 0. The summed E-state index contributed by atoms with van der Waals surface area (Å²) >= 11 is -0.367. The first kappa shape index (κ1) is 27.7. The molecule has 4 rings (SSSR count). The average molecular weight is 517 g/mol. The number of benzene rings is 3. The van der Waals surface area contributed by atoms with Gasteiger partial charge in [0, 0.05) is 0 Å². The quantitative estimate of drug-likeness (QED) is 0.327. The molecule has 1 N–H and O–H groups in total. The van der Waals surface area contributed by atoms with Gasteiger partial charge in [0.1, 0.15) is 0 Å². The average Bonchev–Trinajstić information content (AvgIpc) is 3.17. The Morgan fingerprint density at radius 2 is 1.64 bits per heavy atom. The molecule has 0 radical (unpaired) electrons. The predicted molar refractivity (Wildman–Crippen MR) is 146 cm³/mol. The Balaban J connectivity index is 0.00000193. The molecule has 0 aliphatic heterocycles. The Kier molecular flexibility index (Phi) is 10.3. The van der Waals surface area contributed by atoms with Crippen LogP contribution in [0.4, 0.5) is 5.69 Å². The molecule has 0 saturated heterocycles. The Hall–Kier alpha value is -1.55. The fraction of sp³-hybridized carbons (Fsp3) is 0.286. The fourth-order valence-corrected chi connectivity index (χ4v) is 6.57. The zero-order chi connectivity index (χ0) is 22.0. The second kappa shape index (κ2) is 12.2. The van der Waals surface area contributed by atoms with Crippen molar-refractivity contribution >= 4 is 46.8 Å². The third kappa shape index (κ3) is 6.53. The van der Waals surface area contributed by atoms with Crippen molar-refractivity contribution in [2.24, 2.45) is 0 Å². The summed E-state index contributed by atoms with van der Waals surface area (Å²) in [6.07, 6.45) is 5.84. The molecule has 33 heavy (non-hydrogen) atoms. The van der Waals surface area contributed by atoms with Gasteiger partial charge in [-0.15, -0.1) is 24.8 Å². The van der Waals surface area contributed by atoms with Crippen molar-refractivity contribution in [2.75, 3.05) is 24.4 Å². The van der Waals surface area contributed by atoms with E-state index in [0.29, 0.717) is 0 Å². The van der Waals surface area contributed by atoms with Crippen LogP contribution in [0.2, 0.25) is 0 Å². The zero-order valence-electron chi connectivity index (χ0n) is 20.2. The van der Waals surface area contributed by atoms with E-state index < -0.39 is 0 Å². The molecule has 0 aromatic heterocycles. The van der Waals surface area contributed by atoms with E-state index >= 15 is 0 Å². The molecule has 0 spiro atoms. The van der Waals surface area contributed by atoms with E-state index in [1.165, 1.54) is 55.4 Å². The first-order chi connectivity index (χ1) is 14.9. The van der Waals surface area contributed by atoms with E-state index in [1.807, 2.05) is 0 Å². The van der Waals surface area contributed by atoms with Gasteiger partial charge in [-0.2, -0.15) is 0 Å². The maximum atomic E-state index is 3.86. The van der Waals surface area contributed by atoms with Crippen LogP contribution in [0, 0.1) is 20.8 Å². The Bertz CT molecular complexity index is 1160. The smallest absolute Gasteiger partial charge is 0.147 e. The molecule has 0 atom stereocenters. The second-order valence-electron chi connectivity index (χ2n) is 8.96. The van der Waals surface area contributed by atoms with E-state index in [1.54, 1.807) is 0 Å². The number of hydrogen-bond acceptors (Lipinski definition) is 2. The standard InChI is InChI=1S/C19H20N.C9H12N.2ClH.Ti/c1-14-18-7-5-4-6-16(18)10-11-19(14)17-9-8-15(12-17)13-20(2)3;1-6-4-7(2)9(10)8(3)5-6;;;/h4-8,10-12H,1,9,13H2,2-3H3;4-5,10H,1-3H3;2*1H;/q;-1;;;+1. The van der Waals surface area contributed by atoms with Crippen molar-refractivity contribution in [2.45, 2.75) is 31.9 Å². The van der Waals surface area contributed by atoms with Crippen molar-refractivity contribution in [3.8, 4) is 0 Å². The molecular formula is C28H34Cl2N2Ti. The molecule has 2 nitrogen and oxygen atoms in total. The number of fused-ring (bicyclic) bond motifs is 1. The molecule has 1 aliphatic rings. The summed E-state index contributed by atoms with van der Waals surface area (Å²) in [5, 5.41) is 2.75. The van der Waals surface area contributed by atoms with Crippen LogP contribution >= 0.6 is 24.8 Å². The van der Waals surface area contributed by atoms with E-state index in [0.717, 1.165) is 17.7 Å². The van der Waals surface area contributed by atoms with E-state index in [-0.39, 0.29) is 44.2 Å². The molecule has 5 heteroatoms. The van der Waals surface area contributed by atoms with Crippen molar-refractivity contribution in [3.63, 3.8) is 0 Å². The maximum Gasteiger partial charge on any atom is -0.147 e. The van der Waals surface area contributed by atoms with Crippen molar-refractivity contribution in [1.82, 2.24) is 4.90 Å². The molecule has 0 fully saturated rings. The van der Waals surface area contributed by atoms with Crippen LogP contribution < -0.4 is 3.80 Å². The van der Waals surface area contributed by atoms with Gasteiger partial charge in [-0.3, -0.25) is 0 Å². The Labute approximate surface area is 220 Å². The first-order valence-electron chi connectivity index (χ1n) is 11.0. The third-order valence-electron chi connectivity index (χ3n) is 5.98. The van der Waals surface area contributed by atoms with Gasteiger partial charge in [-0.25, -0.2) is 0 Å². The van der Waals surface area contributed by atoms with E-state index in [4.69, 9.17) is 0 Å². The van der Waals surface area contributed by atoms with Crippen LogP contribution in [0.5, 0.6) is 0 Å². The monoisotopic (exact) mass is 516 g/mol. The largest absolute Gasteiger partial charge is 0.147 e. The molecule has 3 aromatic carbocycles. The number of nitrogens with zero attached hydrogens (tertiary/aromatic N) is 1.